The molecule has 0 saturated heterocycles. The van der Waals surface area contributed by atoms with Gasteiger partial charge in [-0.1, -0.05) is 0 Å². The summed E-state index contributed by atoms with van der Waals surface area (Å²) in [5.41, 5.74) is -0.677. The number of aromatic nitrogens is 4. The van der Waals surface area contributed by atoms with Crippen LogP contribution >= 0.6 is 0 Å². The number of aldehydes is 1. The lowest BCUT2D eigenvalue weighted by atomic mass is 10.0. The smallest absolute Gasteiger partial charge is 0.388 e. The van der Waals surface area contributed by atoms with E-state index in [1.165, 1.54) is 16.9 Å². The van der Waals surface area contributed by atoms with E-state index < -0.39 is 30.0 Å². The maximum Gasteiger partial charge on any atom is 0.388 e. The van der Waals surface area contributed by atoms with Gasteiger partial charge in [0, 0.05) is 23.2 Å². The molecule has 7 nitrogen and oxygen atoms in total. The van der Waals surface area contributed by atoms with E-state index in [2.05, 4.69) is 19.8 Å². The van der Waals surface area contributed by atoms with Crippen molar-refractivity contribution in [2.45, 2.75) is 39.0 Å². The Morgan fingerprint density at radius 3 is 2.57 bits per heavy atom. The molecule has 0 fully saturated rings. The minimum atomic E-state index is -3.12. The molecule has 0 aliphatic carbocycles. The van der Waals surface area contributed by atoms with Crippen LogP contribution in [0, 0.1) is 5.82 Å². The molecular weight excluding hydrogens is 377 g/mol. The Morgan fingerprint density at radius 1 is 1.25 bits per heavy atom. The molecule has 0 aliphatic rings. The predicted octanol–water partition coefficient (Wildman–Crippen LogP) is 3.38. The monoisotopic (exact) mass is 394 g/mol. The summed E-state index contributed by atoms with van der Waals surface area (Å²) in [5.74, 6) is -1.27. The topological polar surface area (TPSA) is 90.1 Å². The van der Waals surface area contributed by atoms with Gasteiger partial charge in [0.25, 0.3) is 0 Å². The molecule has 0 bridgehead atoms. The Kier molecular flexibility index (Phi) is 5.07. The molecule has 3 heterocycles. The number of pyridine rings is 2. The van der Waals surface area contributed by atoms with Crippen LogP contribution in [0.2, 0.25) is 0 Å². The van der Waals surface area contributed by atoms with Crippen molar-refractivity contribution in [2.75, 3.05) is 0 Å². The number of ether oxygens (including phenoxy) is 1. The third kappa shape index (κ3) is 3.68. The molecule has 1 atom stereocenters. The first-order chi connectivity index (χ1) is 13.1. The second kappa shape index (κ2) is 7.19. The van der Waals surface area contributed by atoms with Gasteiger partial charge in [0.1, 0.15) is 11.4 Å². The summed E-state index contributed by atoms with van der Waals surface area (Å²) in [5, 5.41) is 15.1. The van der Waals surface area contributed by atoms with E-state index in [0.717, 1.165) is 12.3 Å². The summed E-state index contributed by atoms with van der Waals surface area (Å²) in [7, 11) is 0. The highest BCUT2D eigenvalue weighted by Crippen LogP contribution is 2.34. The summed E-state index contributed by atoms with van der Waals surface area (Å²) in [4.78, 5) is 18.6. The third-order valence-electron chi connectivity index (χ3n) is 4.42. The van der Waals surface area contributed by atoms with Crippen molar-refractivity contribution in [1.82, 2.24) is 19.7 Å². The van der Waals surface area contributed by atoms with Gasteiger partial charge in [-0.2, -0.15) is 13.9 Å². The summed E-state index contributed by atoms with van der Waals surface area (Å²) < 4.78 is 45.1. The van der Waals surface area contributed by atoms with Gasteiger partial charge in [-0.05, 0) is 26.8 Å². The van der Waals surface area contributed by atoms with Gasteiger partial charge in [0.05, 0.1) is 23.4 Å². The third-order valence-corrected chi connectivity index (χ3v) is 4.42. The molecule has 148 valence electrons. The second-order valence-electron chi connectivity index (χ2n) is 6.75. The first kappa shape index (κ1) is 19.7. The van der Waals surface area contributed by atoms with Gasteiger partial charge in [-0.25, -0.2) is 9.37 Å². The number of fused-ring (bicyclic) bond motifs is 1. The maximum absolute atomic E-state index is 14.4. The number of carbonyl (C=O) groups excluding carboxylic acids is 1. The van der Waals surface area contributed by atoms with Crippen LogP contribution in [0.4, 0.5) is 13.2 Å². The summed E-state index contributed by atoms with van der Waals surface area (Å²) in [6.45, 7) is 1.74. The molecule has 1 N–H and O–H groups in total. The van der Waals surface area contributed by atoms with E-state index in [-0.39, 0.29) is 17.0 Å². The van der Waals surface area contributed by atoms with Gasteiger partial charge < -0.3 is 9.84 Å². The van der Waals surface area contributed by atoms with Crippen molar-refractivity contribution < 1.29 is 27.8 Å². The van der Waals surface area contributed by atoms with Gasteiger partial charge in [0.2, 0.25) is 5.88 Å². The molecule has 1 unspecified atom stereocenters. The molecular formula is C18H17F3N4O3. The largest absolute Gasteiger partial charge is 0.417 e. The van der Waals surface area contributed by atoms with Crippen LogP contribution in [0.3, 0.4) is 0 Å². The van der Waals surface area contributed by atoms with Gasteiger partial charge >= 0.3 is 6.61 Å². The van der Waals surface area contributed by atoms with Crippen molar-refractivity contribution in [3.05, 3.63) is 36.0 Å². The molecule has 3 aromatic rings. The van der Waals surface area contributed by atoms with Crippen molar-refractivity contribution in [2.24, 2.45) is 0 Å². The molecule has 0 aromatic carbocycles. The Labute approximate surface area is 157 Å². The molecule has 0 amide bonds. The highest BCUT2D eigenvalue weighted by molar-refractivity contribution is 5.95. The molecule has 0 spiro atoms. The molecule has 0 radical (unpaired) electrons. The van der Waals surface area contributed by atoms with Crippen molar-refractivity contribution in [1.29, 1.82) is 0 Å². The number of alkyl halides is 2. The first-order valence-corrected chi connectivity index (χ1v) is 8.28. The molecule has 0 saturated carbocycles. The van der Waals surface area contributed by atoms with Crippen molar-refractivity contribution >= 4 is 17.2 Å². The highest BCUT2D eigenvalue weighted by atomic mass is 19.3. The molecule has 10 heteroatoms. The van der Waals surface area contributed by atoms with Crippen LogP contribution in [0.1, 0.15) is 37.3 Å². The number of hydrogen-bond donors (Lipinski definition) is 1. The standard InChI is InChI=1S/C18H17F3N4O3/c1-9(18(2,3)27)25-14-4-10(8-26)22-6-12(14)16(24-25)11-5-15(28-17(20)21)23-7-13(11)19/h4-9,17,27H,1-3H3. The fraction of sp³-hybridized carbons (Fsp3) is 0.333. The second-order valence-corrected chi connectivity index (χ2v) is 6.75. The summed E-state index contributed by atoms with van der Waals surface area (Å²) >= 11 is 0. The van der Waals surface area contributed by atoms with Gasteiger partial charge in [0.15, 0.2) is 12.1 Å². The first-order valence-electron chi connectivity index (χ1n) is 8.28. The van der Waals surface area contributed by atoms with Crippen LogP contribution in [-0.4, -0.2) is 43.4 Å². The molecule has 28 heavy (non-hydrogen) atoms. The van der Waals surface area contributed by atoms with E-state index in [4.69, 9.17) is 0 Å². The lowest BCUT2D eigenvalue weighted by molar-refractivity contribution is -0.0528. The Hall–Kier alpha value is -3.01. The Morgan fingerprint density at radius 2 is 1.96 bits per heavy atom. The van der Waals surface area contributed by atoms with Crippen LogP contribution < -0.4 is 4.74 Å². The minimum Gasteiger partial charge on any atom is -0.417 e. The lowest BCUT2D eigenvalue weighted by Crippen LogP contribution is -2.31. The number of halogens is 3. The van der Waals surface area contributed by atoms with Crippen LogP contribution in [0.15, 0.2) is 24.5 Å². The maximum atomic E-state index is 14.4. The zero-order valence-electron chi connectivity index (χ0n) is 15.2. The van der Waals surface area contributed by atoms with E-state index >= 15 is 0 Å². The molecule has 3 aromatic heterocycles. The van der Waals surface area contributed by atoms with Gasteiger partial charge in [-0.3, -0.25) is 14.5 Å². The number of carbonyl (C=O) groups is 1. The number of aliphatic hydroxyl groups is 1. The Bertz CT molecular complexity index is 1030. The highest BCUT2D eigenvalue weighted by Gasteiger charge is 2.28. The van der Waals surface area contributed by atoms with Crippen molar-refractivity contribution in [3.63, 3.8) is 0 Å². The molecule has 0 aliphatic heterocycles. The zero-order chi connectivity index (χ0) is 20.6. The summed E-state index contributed by atoms with van der Waals surface area (Å²) in [6, 6.07) is 1.90. The van der Waals surface area contributed by atoms with E-state index in [0.29, 0.717) is 17.2 Å². The summed E-state index contributed by atoms with van der Waals surface area (Å²) in [6.07, 6.45) is 2.64. The van der Waals surface area contributed by atoms with E-state index in [9.17, 15) is 23.1 Å². The number of rotatable bonds is 6. The quantitative estimate of drug-likeness (QED) is 0.645. The van der Waals surface area contributed by atoms with Gasteiger partial charge in [-0.15, -0.1) is 0 Å². The van der Waals surface area contributed by atoms with E-state index in [1.807, 2.05) is 0 Å². The van der Waals surface area contributed by atoms with Crippen LogP contribution in [-0.2, 0) is 0 Å². The lowest BCUT2D eigenvalue weighted by Gasteiger charge is -2.26. The predicted molar refractivity (Wildman–Crippen MR) is 93.7 cm³/mol. The fourth-order valence-electron chi connectivity index (χ4n) is 2.66. The average molecular weight is 394 g/mol. The minimum absolute atomic E-state index is 0.0927. The van der Waals surface area contributed by atoms with Crippen LogP contribution in [0.25, 0.3) is 22.2 Å². The number of hydrogen-bond acceptors (Lipinski definition) is 6. The van der Waals surface area contributed by atoms with E-state index in [1.54, 1.807) is 20.8 Å². The SMILES string of the molecule is CC(n1nc(-c2cc(OC(F)F)ncc2F)c2cnc(C=O)cc21)C(C)(C)O. The van der Waals surface area contributed by atoms with Crippen LogP contribution in [0.5, 0.6) is 5.88 Å². The Balaban J connectivity index is 2.26. The van der Waals surface area contributed by atoms with Crippen molar-refractivity contribution in [3.8, 4) is 17.1 Å². The fourth-order valence-corrected chi connectivity index (χ4v) is 2.66. The average Bonchev–Trinajstić information content (AvgIpc) is 2.99. The normalized spacial score (nSPS) is 13.1. The zero-order valence-corrected chi connectivity index (χ0v) is 15.2. The number of nitrogens with zero attached hydrogens (tertiary/aromatic N) is 4. The molecule has 3 rings (SSSR count).